The Morgan fingerprint density at radius 1 is 1.00 bits per heavy atom. The van der Waals surface area contributed by atoms with Gasteiger partial charge in [-0.15, -0.1) is 0 Å². The summed E-state index contributed by atoms with van der Waals surface area (Å²) in [5.41, 5.74) is 4.40. The van der Waals surface area contributed by atoms with Gasteiger partial charge in [-0.3, -0.25) is 9.69 Å². The SMILES string of the molecule is CCC(CCCN1CCN(c2cccc(-c3ccsc3)c2)CC1)(C(=O)OC)c1ccccc1. The van der Waals surface area contributed by atoms with Gasteiger partial charge in [0, 0.05) is 31.9 Å². The van der Waals surface area contributed by atoms with Gasteiger partial charge in [0.1, 0.15) is 0 Å². The number of benzene rings is 2. The summed E-state index contributed by atoms with van der Waals surface area (Å²) >= 11 is 1.74. The molecule has 0 N–H and O–H groups in total. The van der Waals surface area contributed by atoms with Crippen molar-refractivity contribution in [2.75, 3.05) is 44.7 Å². The maximum absolute atomic E-state index is 12.8. The van der Waals surface area contributed by atoms with Crippen LogP contribution in [0.4, 0.5) is 5.69 Å². The lowest BCUT2D eigenvalue weighted by atomic mass is 9.74. The van der Waals surface area contributed by atoms with Crippen LogP contribution in [0.5, 0.6) is 0 Å². The van der Waals surface area contributed by atoms with E-state index in [0.717, 1.165) is 57.5 Å². The molecule has 1 aliphatic rings. The van der Waals surface area contributed by atoms with Crippen LogP contribution < -0.4 is 4.90 Å². The number of hydrogen-bond donors (Lipinski definition) is 0. The van der Waals surface area contributed by atoms with Gasteiger partial charge in [0.2, 0.25) is 0 Å². The van der Waals surface area contributed by atoms with Gasteiger partial charge in [-0.25, -0.2) is 0 Å². The molecule has 1 saturated heterocycles. The Bertz CT molecular complexity index is 1010. The van der Waals surface area contributed by atoms with E-state index < -0.39 is 5.41 Å². The van der Waals surface area contributed by atoms with E-state index in [4.69, 9.17) is 4.74 Å². The zero-order chi connectivity index (χ0) is 23.1. The average Bonchev–Trinajstić information content (AvgIpc) is 3.43. The van der Waals surface area contributed by atoms with E-state index in [1.807, 2.05) is 18.2 Å². The van der Waals surface area contributed by atoms with Gasteiger partial charge in [-0.2, -0.15) is 11.3 Å². The van der Waals surface area contributed by atoms with Crippen molar-refractivity contribution in [3.8, 4) is 11.1 Å². The second-order valence-corrected chi connectivity index (χ2v) is 9.57. The zero-order valence-electron chi connectivity index (χ0n) is 19.7. The third-order valence-corrected chi connectivity index (χ3v) is 7.71. The third kappa shape index (κ3) is 5.31. The monoisotopic (exact) mass is 462 g/mol. The molecule has 5 heteroatoms. The highest BCUT2D eigenvalue weighted by atomic mass is 32.1. The number of nitrogens with zero attached hydrogens (tertiary/aromatic N) is 2. The molecule has 0 amide bonds. The molecular weight excluding hydrogens is 428 g/mol. The molecule has 2 heterocycles. The van der Waals surface area contributed by atoms with Crippen molar-refractivity contribution >= 4 is 23.0 Å². The average molecular weight is 463 g/mol. The van der Waals surface area contributed by atoms with Gasteiger partial charge in [-0.1, -0.05) is 49.4 Å². The molecule has 174 valence electrons. The quantitative estimate of drug-likeness (QED) is 0.374. The first-order chi connectivity index (χ1) is 16.2. The van der Waals surface area contributed by atoms with E-state index in [1.54, 1.807) is 11.3 Å². The number of hydrogen-bond acceptors (Lipinski definition) is 5. The minimum atomic E-state index is -0.556. The topological polar surface area (TPSA) is 32.8 Å². The van der Waals surface area contributed by atoms with Gasteiger partial charge >= 0.3 is 5.97 Å². The zero-order valence-corrected chi connectivity index (χ0v) is 20.5. The summed E-state index contributed by atoms with van der Waals surface area (Å²) in [6, 6.07) is 21.2. The maximum atomic E-state index is 12.8. The summed E-state index contributed by atoms with van der Waals surface area (Å²) in [6.45, 7) is 7.25. The van der Waals surface area contributed by atoms with E-state index in [2.05, 4.69) is 69.9 Å². The number of piperazine rings is 1. The molecule has 0 radical (unpaired) electrons. The first-order valence-electron chi connectivity index (χ1n) is 11.9. The van der Waals surface area contributed by atoms with Crippen molar-refractivity contribution in [2.45, 2.75) is 31.6 Å². The number of carbonyl (C=O) groups is 1. The smallest absolute Gasteiger partial charge is 0.316 e. The van der Waals surface area contributed by atoms with Crippen LogP contribution in [0.3, 0.4) is 0 Å². The summed E-state index contributed by atoms with van der Waals surface area (Å²) in [5.74, 6) is -0.119. The lowest BCUT2D eigenvalue weighted by molar-refractivity contribution is -0.148. The van der Waals surface area contributed by atoms with E-state index in [1.165, 1.54) is 23.9 Å². The fraction of sp³-hybridized carbons (Fsp3) is 0.393. The predicted molar refractivity (Wildman–Crippen MR) is 138 cm³/mol. The normalized spacial score (nSPS) is 16.4. The molecule has 0 aliphatic carbocycles. The summed E-state index contributed by atoms with van der Waals surface area (Å²) in [4.78, 5) is 17.8. The second-order valence-electron chi connectivity index (χ2n) is 8.79. The Hall–Kier alpha value is -2.63. The van der Waals surface area contributed by atoms with Crippen LogP contribution in [-0.2, 0) is 14.9 Å². The van der Waals surface area contributed by atoms with E-state index >= 15 is 0 Å². The van der Waals surface area contributed by atoms with Crippen LogP contribution in [-0.4, -0.2) is 50.7 Å². The Balaban J connectivity index is 1.33. The molecule has 33 heavy (non-hydrogen) atoms. The van der Waals surface area contributed by atoms with Crippen molar-refractivity contribution < 1.29 is 9.53 Å². The Labute approximate surface area is 201 Å². The molecule has 3 aromatic rings. The van der Waals surface area contributed by atoms with Gasteiger partial charge in [0.25, 0.3) is 0 Å². The number of carbonyl (C=O) groups excluding carboxylic acids is 1. The fourth-order valence-corrected chi connectivity index (χ4v) is 5.65. The summed E-state index contributed by atoms with van der Waals surface area (Å²) in [6.07, 6.45) is 2.53. The summed E-state index contributed by atoms with van der Waals surface area (Å²) < 4.78 is 5.24. The highest BCUT2D eigenvalue weighted by Gasteiger charge is 2.39. The van der Waals surface area contributed by atoms with Crippen LogP contribution >= 0.6 is 11.3 Å². The largest absolute Gasteiger partial charge is 0.468 e. The van der Waals surface area contributed by atoms with Crippen LogP contribution in [0.2, 0.25) is 0 Å². The predicted octanol–water partition coefficient (Wildman–Crippen LogP) is 5.84. The second kappa shape index (κ2) is 11.0. The molecule has 0 saturated carbocycles. The molecule has 1 unspecified atom stereocenters. The highest BCUT2D eigenvalue weighted by Crippen LogP contribution is 2.35. The first kappa shape index (κ1) is 23.5. The van der Waals surface area contributed by atoms with Crippen molar-refractivity contribution in [3.05, 3.63) is 77.0 Å². The van der Waals surface area contributed by atoms with E-state index in [9.17, 15) is 4.79 Å². The van der Waals surface area contributed by atoms with Crippen molar-refractivity contribution in [2.24, 2.45) is 0 Å². The first-order valence-corrected chi connectivity index (χ1v) is 12.8. The number of methoxy groups -OCH3 is 1. The molecule has 0 spiro atoms. The Morgan fingerprint density at radius 3 is 2.45 bits per heavy atom. The minimum absolute atomic E-state index is 0.119. The van der Waals surface area contributed by atoms with Crippen LogP contribution in [0.15, 0.2) is 71.4 Å². The molecule has 1 aliphatic heterocycles. The van der Waals surface area contributed by atoms with Crippen molar-refractivity contribution in [3.63, 3.8) is 0 Å². The number of esters is 1. The van der Waals surface area contributed by atoms with Crippen LogP contribution in [0.1, 0.15) is 31.7 Å². The Morgan fingerprint density at radius 2 is 1.79 bits per heavy atom. The molecule has 0 bridgehead atoms. The van der Waals surface area contributed by atoms with Gasteiger partial charge in [0.15, 0.2) is 0 Å². The van der Waals surface area contributed by atoms with Crippen molar-refractivity contribution in [1.29, 1.82) is 0 Å². The molecule has 2 aromatic carbocycles. The summed E-state index contributed by atoms with van der Waals surface area (Å²) in [7, 11) is 1.50. The van der Waals surface area contributed by atoms with E-state index in [-0.39, 0.29) is 5.97 Å². The molecule has 1 aromatic heterocycles. The van der Waals surface area contributed by atoms with E-state index in [0.29, 0.717) is 0 Å². The lowest BCUT2D eigenvalue weighted by Crippen LogP contribution is -2.47. The van der Waals surface area contributed by atoms with Crippen LogP contribution in [0.25, 0.3) is 11.1 Å². The molecular formula is C28H34N2O2S. The molecule has 1 atom stereocenters. The number of rotatable bonds is 9. The highest BCUT2D eigenvalue weighted by molar-refractivity contribution is 7.08. The van der Waals surface area contributed by atoms with Gasteiger partial charge < -0.3 is 9.64 Å². The van der Waals surface area contributed by atoms with Gasteiger partial charge in [-0.05, 0) is 71.5 Å². The Kier molecular flexibility index (Phi) is 7.84. The van der Waals surface area contributed by atoms with Crippen LogP contribution in [0, 0.1) is 0 Å². The lowest BCUT2D eigenvalue weighted by Gasteiger charge is -2.37. The number of thiophene rings is 1. The molecule has 4 nitrogen and oxygen atoms in total. The maximum Gasteiger partial charge on any atom is 0.316 e. The fourth-order valence-electron chi connectivity index (χ4n) is 4.99. The minimum Gasteiger partial charge on any atom is -0.468 e. The number of ether oxygens (including phenoxy) is 1. The standard InChI is InChI=1S/C28H34N2O2S/c1-3-28(27(31)32-2,25-10-5-4-6-11-25)14-8-15-29-16-18-30(19-17-29)26-12-7-9-23(21-26)24-13-20-33-22-24/h4-7,9-13,20-22H,3,8,14-19H2,1-2H3. The molecule has 4 rings (SSSR count). The van der Waals surface area contributed by atoms with Gasteiger partial charge in [0.05, 0.1) is 12.5 Å². The molecule has 1 fully saturated rings. The third-order valence-electron chi connectivity index (χ3n) is 7.02. The van der Waals surface area contributed by atoms with Crippen molar-refractivity contribution in [1.82, 2.24) is 4.90 Å². The summed E-state index contributed by atoms with van der Waals surface area (Å²) in [5, 5.41) is 4.34. The number of anilines is 1.